The smallest absolute Gasteiger partial charge is 0.251 e. The molecule has 21 heavy (non-hydrogen) atoms. The van der Waals surface area contributed by atoms with Gasteiger partial charge in [0.1, 0.15) is 0 Å². The number of hydrogen-bond donors (Lipinski definition) is 2. The molecule has 0 saturated carbocycles. The van der Waals surface area contributed by atoms with Gasteiger partial charge in [-0.3, -0.25) is 4.79 Å². The maximum atomic E-state index is 12.2. The van der Waals surface area contributed by atoms with E-state index in [4.69, 9.17) is 0 Å². The molecule has 2 aliphatic rings. The number of rotatable bonds is 4. The van der Waals surface area contributed by atoms with Crippen molar-refractivity contribution in [3.63, 3.8) is 0 Å². The summed E-state index contributed by atoms with van der Waals surface area (Å²) in [4.78, 5) is 14.7. The van der Waals surface area contributed by atoms with E-state index in [1.165, 1.54) is 49.9 Å². The molecular formula is C17H25N3O. The molecule has 4 heteroatoms. The summed E-state index contributed by atoms with van der Waals surface area (Å²) in [5.74, 6) is 0.0551. The quantitative estimate of drug-likeness (QED) is 0.889. The van der Waals surface area contributed by atoms with Crippen LogP contribution in [0, 0.1) is 0 Å². The van der Waals surface area contributed by atoms with Crippen LogP contribution in [0.1, 0.15) is 47.2 Å². The normalized spacial score (nSPS) is 19.0. The van der Waals surface area contributed by atoms with Crippen molar-refractivity contribution in [1.29, 1.82) is 0 Å². The maximum absolute atomic E-state index is 12.2. The molecule has 3 rings (SSSR count). The lowest BCUT2D eigenvalue weighted by atomic mass is 10.1. The van der Waals surface area contributed by atoms with Crippen LogP contribution >= 0.6 is 0 Å². The van der Waals surface area contributed by atoms with Crippen LogP contribution in [0.3, 0.4) is 0 Å². The average Bonchev–Trinajstić information content (AvgIpc) is 2.82. The average molecular weight is 287 g/mol. The molecule has 1 amide bonds. The first-order chi connectivity index (χ1) is 10.3. The van der Waals surface area contributed by atoms with Gasteiger partial charge in [0.2, 0.25) is 0 Å². The second-order valence-corrected chi connectivity index (χ2v) is 6.10. The Kier molecular flexibility index (Phi) is 4.88. The van der Waals surface area contributed by atoms with Gasteiger partial charge < -0.3 is 15.5 Å². The minimum Gasteiger partial charge on any atom is -0.351 e. The van der Waals surface area contributed by atoms with Gasteiger partial charge in [0, 0.05) is 31.7 Å². The summed E-state index contributed by atoms with van der Waals surface area (Å²) in [6, 6.07) is 6.03. The Bertz CT molecular complexity index is 493. The summed E-state index contributed by atoms with van der Waals surface area (Å²) in [6.07, 6.45) is 5.30. The molecule has 0 aliphatic carbocycles. The maximum Gasteiger partial charge on any atom is 0.251 e. The highest BCUT2D eigenvalue weighted by Gasteiger charge is 2.14. The Morgan fingerprint density at radius 2 is 1.86 bits per heavy atom. The van der Waals surface area contributed by atoms with Crippen LogP contribution in [0.2, 0.25) is 0 Å². The van der Waals surface area contributed by atoms with Gasteiger partial charge in [-0.1, -0.05) is 18.9 Å². The summed E-state index contributed by atoms with van der Waals surface area (Å²) in [5.41, 5.74) is 3.36. The number of amides is 1. The monoisotopic (exact) mass is 287 g/mol. The van der Waals surface area contributed by atoms with E-state index in [0.717, 1.165) is 31.7 Å². The van der Waals surface area contributed by atoms with Gasteiger partial charge in [0.05, 0.1) is 0 Å². The van der Waals surface area contributed by atoms with Crippen molar-refractivity contribution in [2.24, 2.45) is 0 Å². The van der Waals surface area contributed by atoms with E-state index in [1.807, 2.05) is 12.1 Å². The number of carbonyl (C=O) groups is 1. The van der Waals surface area contributed by atoms with Gasteiger partial charge in [0.25, 0.3) is 5.91 Å². The number of hydrogen-bond acceptors (Lipinski definition) is 3. The van der Waals surface area contributed by atoms with Crippen molar-refractivity contribution < 1.29 is 4.79 Å². The Balaban J connectivity index is 1.47. The van der Waals surface area contributed by atoms with Crippen LogP contribution in [-0.4, -0.2) is 37.0 Å². The van der Waals surface area contributed by atoms with E-state index in [-0.39, 0.29) is 5.91 Å². The summed E-state index contributed by atoms with van der Waals surface area (Å²) in [5, 5.41) is 6.36. The topological polar surface area (TPSA) is 44.4 Å². The summed E-state index contributed by atoms with van der Waals surface area (Å²) < 4.78 is 0. The SMILES string of the molecule is O=C(NCCN1CCCCCC1)c1ccc2c(c1)CNC2. The predicted octanol–water partition coefficient (Wildman–Crippen LogP) is 1.90. The van der Waals surface area contributed by atoms with Crippen molar-refractivity contribution in [3.8, 4) is 0 Å². The predicted molar refractivity (Wildman–Crippen MR) is 84.2 cm³/mol. The summed E-state index contributed by atoms with van der Waals surface area (Å²) >= 11 is 0. The highest BCUT2D eigenvalue weighted by atomic mass is 16.1. The minimum atomic E-state index is 0.0551. The molecule has 1 saturated heterocycles. The third-order valence-electron chi connectivity index (χ3n) is 4.51. The first kappa shape index (κ1) is 14.5. The van der Waals surface area contributed by atoms with E-state index < -0.39 is 0 Å². The molecule has 4 nitrogen and oxygen atoms in total. The van der Waals surface area contributed by atoms with Gasteiger partial charge in [-0.2, -0.15) is 0 Å². The minimum absolute atomic E-state index is 0.0551. The fourth-order valence-electron chi connectivity index (χ4n) is 3.23. The Hall–Kier alpha value is -1.39. The second-order valence-electron chi connectivity index (χ2n) is 6.10. The Labute approximate surface area is 126 Å². The van der Waals surface area contributed by atoms with E-state index in [9.17, 15) is 4.79 Å². The number of likely N-dealkylation sites (tertiary alicyclic amines) is 1. The molecule has 2 N–H and O–H groups in total. The number of fused-ring (bicyclic) bond motifs is 1. The van der Waals surface area contributed by atoms with Crippen molar-refractivity contribution in [1.82, 2.24) is 15.5 Å². The summed E-state index contributed by atoms with van der Waals surface area (Å²) in [7, 11) is 0. The lowest BCUT2D eigenvalue weighted by Gasteiger charge is -2.19. The van der Waals surface area contributed by atoms with Crippen molar-refractivity contribution in [2.75, 3.05) is 26.2 Å². The molecule has 0 spiro atoms. The molecule has 0 unspecified atom stereocenters. The van der Waals surface area contributed by atoms with Gasteiger partial charge in [-0.15, -0.1) is 0 Å². The highest BCUT2D eigenvalue weighted by Crippen LogP contribution is 2.17. The second kappa shape index (κ2) is 7.05. The molecule has 0 atom stereocenters. The van der Waals surface area contributed by atoms with Gasteiger partial charge in [-0.25, -0.2) is 0 Å². The Morgan fingerprint density at radius 1 is 1.10 bits per heavy atom. The van der Waals surface area contributed by atoms with Gasteiger partial charge in [0.15, 0.2) is 0 Å². The van der Waals surface area contributed by atoms with Crippen molar-refractivity contribution in [3.05, 3.63) is 34.9 Å². The molecule has 2 heterocycles. The highest BCUT2D eigenvalue weighted by molar-refractivity contribution is 5.94. The molecule has 1 fully saturated rings. The Morgan fingerprint density at radius 3 is 2.67 bits per heavy atom. The number of benzene rings is 1. The summed E-state index contributed by atoms with van der Waals surface area (Å²) in [6.45, 7) is 5.88. The van der Waals surface area contributed by atoms with Crippen molar-refractivity contribution >= 4 is 5.91 Å². The van der Waals surface area contributed by atoms with E-state index in [1.54, 1.807) is 0 Å². The van der Waals surface area contributed by atoms with E-state index >= 15 is 0 Å². The standard InChI is InChI=1S/C17H25N3O/c21-17(14-5-6-15-12-18-13-16(15)11-14)19-7-10-20-8-3-1-2-4-9-20/h5-6,11,18H,1-4,7-10,12-13H2,(H,19,21). The van der Waals surface area contributed by atoms with Crippen LogP contribution < -0.4 is 10.6 Å². The lowest BCUT2D eigenvalue weighted by molar-refractivity contribution is 0.0948. The largest absolute Gasteiger partial charge is 0.351 e. The molecule has 1 aromatic carbocycles. The molecular weight excluding hydrogens is 262 g/mol. The van der Waals surface area contributed by atoms with Gasteiger partial charge in [-0.05, 0) is 49.2 Å². The molecule has 0 bridgehead atoms. The zero-order valence-corrected chi connectivity index (χ0v) is 12.7. The first-order valence-corrected chi connectivity index (χ1v) is 8.16. The first-order valence-electron chi connectivity index (χ1n) is 8.16. The van der Waals surface area contributed by atoms with Crippen molar-refractivity contribution in [2.45, 2.75) is 38.8 Å². The van der Waals surface area contributed by atoms with Crippen LogP contribution in [-0.2, 0) is 13.1 Å². The number of nitrogens with one attached hydrogen (secondary N) is 2. The van der Waals surface area contributed by atoms with E-state index in [0.29, 0.717) is 0 Å². The third-order valence-corrected chi connectivity index (χ3v) is 4.51. The zero-order chi connectivity index (χ0) is 14.5. The van der Waals surface area contributed by atoms with Gasteiger partial charge >= 0.3 is 0 Å². The van der Waals surface area contributed by atoms with E-state index in [2.05, 4.69) is 21.6 Å². The molecule has 0 radical (unpaired) electrons. The number of nitrogens with zero attached hydrogens (tertiary/aromatic N) is 1. The van der Waals surface area contributed by atoms with Crippen LogP contribution in [0.5, 0.6) is 0 Å². The van der Waals surface area contributed by atoms with Crippen LogP contribution in [0.15, 0.2) is 18.2 Å². The fraction of sp³-hybridized carbons (Fsp3) is 0.588. The molecule has 1 aromatic rings. The number of carbonyl (C=O) groups excluding carboxylic acids is 1. The van der Waals surface area contributed by atoms with Crippen LogP contribution in [0.4, 0.5) is 0 Å². The third kappa shape index (κ3) is 3.83. The zero-order valence-electron chi connectivity index (χ0n) is 12.7. The molecule has 114 valence electrons. The molecule has 0 aromatic heterocycles. The lowest BCUT2D eigenvalue weighted by Crippen LogP contribution is -2.35. The fourth-order valence-corrected chi connectivity index (χ4v) is 3.23. The van der Waals surface area contributed by atoms with Crippen LogP contribution in [0.25, 0.3) is 0 Å². The molecule has 2 aliphatic heterocycles.